The summed E-state index contributed by atoms with van der Waals surface area (Å²) in [4.78, 5) is 28.4. The summed E-state index contributed by atoms with van der Waals surface area (Å²) in [5.74, 6) is -0.464. The van der Waals surface area contributed by atoms with E-state index in [-0.39, 0.29) is 12.7 Å². The highest BCUT2D eigenvalue weighted by atomic mass is 35.5. The maximum Gasteiger partial charge on any atom is 0.214 e. The summed E-state index contributed by atoms with van der Waals surface area (Å²) in [6, 6.07) is 4.81. The Balaban J connectivity index is 2.13. The van der Waals surface area contributed by atoms with Crippen molar-refractivity contribution in [1.29, 1.82) is 0 Å². The van der Waals surface area contributed by atoms with Gasteiger partial charge in [0, 0.05) is 13.1 Å². The van der Waals surface area contributed by atoms with Gasteiger partial charge in [0.25, 0.3) is 0 Å². The Morgan fingerprint density at radius 3 is 3.11 bits per heavy atom. The molecule has 2 heterocycles. The van der Waals surface area contributed by atoms with Gasteiger partial charge in [0.15, 0.2) is 6.29 Å². The number of Topliss-reactive ketones (excluding diaryl/α,β-unsaturated/α-hetero) is 1. The van der Waals surface area contributed by atoms with Crippen molar-refractivity contribution in [3.63, 3.8) is 0 Å². The quantitative estimate of drug-likeness (QED) is 0.470. The minimum atomic E-state index is -0.533. The first-order valence-electron chi connectivity index (χ1n) is 6.06. The number of aromatic nitrogens is 1. The summed E-state index contributed by atoms with van der Waals surface area (Å²) in [5.41, 5.74) is 0.769. The number of ketones is 1. The Hall–Kier alpha value is -1.30. The fourth-order valence-corrected chi connectivity index (χ4v) is 2.31. The lowest BCUT2D eigenvalue weighted by atomic mass is 10.1. The monoisotopic (exact) mass is 282 g/mol. The molecule has 0 saturated carbocycles. The van der Waals surface area contributed by atoms with Gasteiger partial charge >= 0.3 is 0 Å². The molecule has 0 amide bonds. The van der Waals surface area contributed by atoms with E-state index in [0.29, 0.717) is 24.5 Å². The molecule has 1 aromatic heterocycles. The van der Waals surface area contributed by atoms with E-state index in [1.165, 1.54) is 0 Å². The predicted molar refractivity (Wildman–Crippen MR) is 69.9 cm³/mol. The number of carbonyl (C=O) groups excluding carboxylic acids is 2. The number of halogens is 1. The fourth-order valence-electron chi connectivity index (χ4n) is 2.13. The molecule has 0 aromatic carbocycles. The lowest BCUT2D eigenvalue weighted by molar-refractivity contribution is -0.141. The highest BCUT2D eigenvalue weighted by Crippen LogP contribution is 2.16. The molecular weight excluding hydrogens is 268 g/mol. The third kappa shape index (κ3) is 3.59. The first-order valence-corrected chi connectivity index (χ1v) is 6.44. The standard InChI is InChI=1S/C13H15ClN2O3/c1-9-5-16(11(8-19-9)12(18)7-17)6-10-3-2-4-13(14)15-10/h2-4,7,9,11H,5-6,8H2,1H3. The van der Waals surface area contributed by atoms with Gasteiger partial charge in [-0.25, -0.2) is 4.98 Å². The van der Waals surface area contributed by atoms with Crippen LogP contribution in [-0.2, 0) is 20.9 Å². The average molecular weight is 283 g/mol. The molecule has 1 saturated heterocycles. The molecule has 2 rings (SSSR count). The van der Waals surface area contributed by atoms with E-state index in [2.05, 4.69) is 4.98 Å². The number of rotatable bonds is 4. The summed E-state index contributed by atoms with van der Waals surface area (Å²) in [6.45, 7) is 3.22. The van der Waals surface area contributed by atoms with Crippen LogP contribution in [0.25, 0.3) is 0 Å². The van der Waals surface area contributed by atoms with E-state index in [0.717, 1.165) is 5.69 Å². The number of carbonyl (C=O) groups is 2. The minimum Gasteiger partial charge on any atom is -0.375 e. The van der Waals surface area contributed by atoms with Crippen LogP contribution in [0, 0.1) is 0 Å². The SMILES string of the molecule is CC1CN(Cc2cccc(Cl)n2)C(C(=O)C=O)CO1. The Bertz CT molecular complexity index is 481. The molecule has 0 N–H and O–H groups in total. The Morgan fingerprint density at radius 1 is 1.63 bits per heavy atom. The van der Waals surface area contributed by atoms with Crippen LogP contribution in [0.15, 0.2) is 18.2 Å². The second kappa shape index (κ2) is 6.23. The van der Waals surface area contributed by atoms with Gasteiger partial charge in [0.2, 0.25) is 5.78 Å². The lowest BCUT2D eigenvalue weighted by Crippen LogP contribution is -2.52. The highest BCUT2D eigenvalue weighted by Gasteiger charge is 2.31. The summed E-state index contributed by atoms with van der Waals surface area (Å²) in [6.07, 6.45) is 0.373. The fraction of sp³-hybridized carbons (Fsp3) is 0.462. The molecular formula is C13H15ClN2O3. The van der Waals surface area contributed by atoms with Crippen molar-refractivity contribution in [2.45, 2.75) is 25.6 Å². The highest BCUT2D eigenvalue weighted by molar-refractivity contribution is 6.29. The van der Waals surface area contributed by atoms with Gasteiger partial charge in [-0.05, 0) is 19.1 Å². The molecule has 0 radical (unpaired) electrons. The van der Waals surface area contributed by atoms with E-state index < -0.39 is 11.8 Å². The van der Waals surface area contributed by atoms with Crippen LogP contribution < -0.4 is 0 Å². The predicted octanol–water partition coefficient (Wildman–Crippen LogP) is 1.09. The molecule has 0 bridgehead atoms. The molecule has 19 heavy (non-hydrogen) atoms. The zero-order valence-electron chi connectivity index (χ0n) is 10.6. The topological polar surface area (TPSA) is 59.5 Å². The number of hydrogen-bond acceptors (Lipinski definition) is 5. The van der Waals surface area contributed by atoms with Gasteiger partial charge in [-0.2, -0.15) is 0 Å². The molecule has 1 fully saturated rings. The first kappa shape index (κ1) is 14.1. The van der Waals surface area contributed by atoms with Crippen LogP contribution in [0.2, 0.25) is 5.15 Å². The van der Waals surface area contributed by atoms with E-state index in [1.54, 1.807) is 6.07 Å². The Kier molecular flexibility index (Phi) is 4.63. The number of pyridine rings is 1. The minimum absolute atomic E-state index is 0.0230. The average Bonchev–Trinajstić information content (AvgIpc) is 2.38. The van der Waals surface area contributed by atoms with Gasteiger partial charge in [0.1, 0.15) is 11.2 Å². The number of nitrogens with zero attached hydrogens (tertiary/aromatic N) is 2. The van der Waals surface area contributed by atoms with Crippen LogP contribution in [0.1, 0.15) is 12.6 Å². The van der Waals surface area contributed by atoms with E-state index in [1.807, 2.05) is 24.0 Å². The number of morpholine rings is 1. The van der Waals surface area contributed by atoms with E-state index in [4.69, 9.17) is 16.3 Å². The van der Waals surface area contributed by atoms with Crippen molar-refractivity contribution in [1.82, 2.24) is 9.88 Å². The van der Waals surface area contributed by atoms with E-state index in [9.17, 15) is 9.59 Å². The number of ether oxygens (including phenoxy) is 1. The van der Waals surface area contributed by atoms with Crippen LogP contribution >= 0.6 is 11.6 Å². The normalized spacial score (nSPS) is 24.1. The second-order valence-electron chi connectivity index (χ2n) is 4.56. The molecule has 0 spiro atoms. The summed E-state index contributed by atoms with van der Waals surface area (Å²) in [7, 11) is 0. The van der Waals surface area contributed by atoms with Crippen LogP contribution in [0.4, 0.5) is 0 Å². The molecule has 6 heteroatoms. The summed E-state index contributed by atoms with van der Waals surface area (Å²) in [5, 5.41) is 0.414. The Morgan fingerprint density at radius 2 is 2.42 bits per heavy atom. The maximum atomic E-state index is 11.6. The number of aldehydes is 1. The second-order valence-corrected chi connectivity index (χ2v) is 4.95. The van der Waals surface area contributed by atoms with Gasteiger partial charge in [-0.15, -0.1) is 0 Å². The third-order valence-corrected chi connectivity index (χ3v) is 3.26. The maximum absolute atomic E-state index is 11.6. The Labute approximate surface area is 116 Å². The molecule has 1 aliphatic rings. The first-order chi connectivity index (χ1) is 9.10. The van der Waals surface area contributed by atoms with Gasteiger partial charge in [-0.3, -0.25) is 14.5 Å². The smallest absolute Gasteiger partial charge is 0.214 e. The van der Waals surface area contributed by atoms with Crippen molar-refractivity contribution < 1.29 is 14.3 Å². The molecule has 1 aromatic rings. The lowest BCUT2D eigenvalue weighted by Gasteiger charge is -2.36. The molecule has 102 valence electrons. The van der Waals surface area contributed by atoms with Gasteiger partial charge in [0.05, 0.1) is 18.4 Å². The largest absolute Gasteiger partial charge is 0.375 e. The molecule has 5 nitrogen and oxygen atoms in total. The van der Waals surface area contributed by atoms with Crippen LogP contribution in [0.5, 0.6) is 0 Å². The van der Waals surface area contributed by atoms with Gasteiger partial charge < -0.3 is 4.74 Å². The van der Waals surface area contributed by atoms with Gasteiger partial charge in [-0.1, -0.05) is 17.7 Å². The molecule has 2 unspecified atom stereocenters. The van der Waals surface area contributed by atoms with Crippen molar-refractivity contribution in [3.05, 3.63) is 29.0 Å². The number of hydrogen-bond donors (Lipinski definition) is 0. The molecule has 0 aliphatic carbocycles. The van der Waals surface area contributed by atoms with Crippen molar-refractivity contribution in [3.8, 4) is 0 Å². The zero-order chi connectivity index (χ0) is 13.8. The molecule has 1 aliphatic heterocycles. The molecule has 2 atom stereocenters. The zero-order valence-corrected chi connectivity index (χ0v) is 11.3. The third-order valence-electron chi connectivity index (χ3n) is 3.05. The van der Waals surface area contributed by atoms with Crippen molar-refractivity contribution >= 4 is 23.7 Å². The van der Waals surface area contributed by atoms with Crippen molar-refractivity contribution in [2.75, 3.05) is 13.2 Å². The summed E-state index contributed by atoms with van der Waals surface area (Å²) >= 11 is 5.84. The summed E-state index contributed by atoms with van der Waals surface area (Å²) < 4.78 is 5.44. The van der Waals surface area contributed by atoms with E-state index >= 15 is 0 Å². The van der Waals surface area contributed by atoms with Crippen LogP contribution in [-0.4, -0.2) is 47.3 Å². The van der Waals surface area contributed by atoms with Crippen LogP contribution in [0.3, 0.4) is 0 Å². The van der Waals surface area contributed by atoms with Crippen molar-refractivity contribution in [2.24, 2.45) is 0 Å².